The van der Waals surface area contributed by atoms with Crippen molar-refractivity contribution >= 4 is 11.5 Å². The molecule has 90 valence electrons. The highest BCUT2D eigenvalue weighted by Crippen LogP contribution is 2.28. The largest absolute Gasteiger partial charge is 0.508 e. The summed E-state index contributed by atoms with van der Waals surface area (Å²) in [5.41, 5.74) is 2.20. The number of aromatic hydroxyl groups is 1. The van der Waals surface area contributed by atoms with Crippen molar-refractivity contribution in [2.75, 3.05) is 20.1 Å². The second-order valence-electron chi connectivity index (χ2n) is 4.30. The number of carbonyl (C=O) groups is 1. The zero-order chi connectivity index (χ0) is 12.4. The van der Waals surface area contributed by atoms with E-state index in [0.29, 0.717) is 12.1 Å². The molecule has 0 unspecified atom stereocenters. The number of aliphatic carboxylic acids is 1. The molecular formula is C13H15NO3. The predicted molar refractivity (Wildman–Crippen MR) is 64.8 cm³/mol. The van der Waals surface area contributed by atoms with Gasteiger partial charge in [0.15, 0.2) is 0 Å². The highest BCUT2D eigenvalue weighted by molar-refractivity contribution is 5.97. The van der Waals surface area contributed by atoms with Crippen LogP contribution in [-0.4, -0.2) is 41.2 Å². The van der Waals surface area contributed by atoms with Crippen molar-refractivity contribution in [2.24, 2.45) is 0 Å². The molecule has 0 amide bonds. The van der Waals surface area contributed by atoms with E-state index < -0.39 is 5.97 Å². The van der Waals surface area contributed by atoms with Crippen molar-refractivity contribution in [2.45, 2.75) is 6.42 Å². The number of benzene rings is 1. The third-order valence-electron chi connectivity index (χ3n) is 3.01. The lowest BCUT2D eigenvalue weighted by Gasteiger charge is -2.26. The van der Waals surface area contributed by atoms with E-state index in [0.717, 1.165) is 24.1 Å². The van der Waals surface area contributed by atoms with Crippen LogP contribution in [0.4, 0.5) is 0 Å². The molecule has 0 aromatic heterocycles. The monoisotopic (exact) mass is 233 g/mol. The Kier molecular flexibility index (Phi) is 3.15. The molecule has 0 aliphatic carbocycles. The van der Waals surface area contributed by atoms with Crippen LogP contribution in [0.5, 0.6) is 5.75 Å². The van der Waals surface area contributed by atoms with Gasteiger partial charge in [-0.2, -0.15) is 0 Å². The van der Waals surface area contributed by atoms with E-state index in [1.54, 1.807) is 24.3 Å². The Labute approximate surface area is 99.8 Å². The maximum absolute atomic E-state index is 11.2. The zero-order valence-electron chi connectivity index (χ0n) is 9.68. The molecule has 1 aromatic rings. The molecule has 0 spiro atoms. The average Bonchev–Trinajstić information content (AvgIpc) is 2.30. The molecule has 0 saturated carbocycles. The molecule has 1 heterocycles. The van der Waals surface area contributed by atoms with Gasteiger partial charge in [0.25, 0.3) is 0 Å². The summed E-state index contributed by atoms with van der Waals surface area (Å²) in [7, 11) is 1.91. The first kappa shape index (κ1) is 11.7. The minimum Gasteiger partial charge on any atom is -0.508 e. The molecule has 1 aliphatic rings. The van der Waals surface area contributed by atoms with Crippen molar-refractivity contribution in [3.63, 3.8) is 0 Å². The Balaban J connectivity index is 2.43. The highest BCUT2D eigenvalue weighted by atomic mass is 16.4. The van der Waals surface area contributed by atoms with Gasteiger partial charge in [-0.3, -0.25) is 0 Å². The minimum absolute atomic E-state index is 0.194. The highest BCUT2D eigenvalue weighted by Gasteiger charge is 2.22. The van der Waals surface area contributed by atoms with Crippen molar-refractivity contribution in [1.82, 2.24) is 4.90 Å². The van der Waals surface area contributed by atoms with Gasteiger partial charge in [-0.25, -0.2) is 4.79 Å². The number of likely N-dealkylation sites (N-methyl/N-ethyl adjacent to an activating group) is 1. The molecule has 4 heteroatoms. The Hall–Kier alpha value is -1.81. The lowest BCUT2D eigenvalue weighted by molar-refractivity contribution is -0.132. The van der Waals surface area contributed by atoms with Crippen LogP contribution in [0.25, 0.3) is 5.57 Å². The molecule has 1 aromatic carbocycles. The van der Waals surface area contributed by atoms with Gasteiger partial charge in [0, 0.05) is 13.1 Å². The molecule has 0 radical (unpaired) electrons. The van der Waals surface area contributed by atoms with Crippen molar-refractivity contribution < 1.29 is 15.0 Å². The van der Waals surface area contributed by atoms with Crippen LogP contribution in [0.15, 0.2) is 29.8 Å². The molecule has 17 heavy (non-hydrogen) atoms. The van der Waals surface area contributed by atoms with E-state index in [4.69, 9.17) is 0 Å². The first-order chi connectivity index (χ1) is 8.08. The lowest BCUT2D eigenvalue weighted by atomic mass is 9.93. The van der Waals surface area contributed by atoms with Gasteiger partial charge in [-0.05, 0) is 36.7 Å². The fraction of sp³-hybridized carbons (Fsp3) is 0.308. The van der Waals surface area contributed by atoms with Crippen molar-refractivity contribution in [3.8, 4) is 5.75 Å². The second kappa shape index (κ2) is 4.59. The van der Waals surface area contributed by atoms with E-state index in [-0.39, 0.29) is 5.75 Å². The molecule has 0 fully saturated rings. The first-order valence-electron chi connectivity index (χ1n) is 5.51. The van der Waals surface area contributed by atoms with E-state index in [2.05, 4.69) is 0 Å². The van der Waals surface area contributed by atoms with Crippen molar-refractivity contribution in [3.05, 3.63) is 35.4 Å². The van der Waals surface area contributed by atoms with Gasteiger partial charge >= 0.3 is 5.97 Å². The van der Waals surface area contributed by atoms with Crippen LogP contribution in [0.2, 0.25) is 0 Å². The quantitative estimate of drug-likeness (QED) is 0.814. The topological polar surface area (TPSA) is 60.8 Å². The molecule has 1 aliphatic heterocycles. The number of phenols is 1. The zero-order valence-corrected chi connectivity index (χ0v) is 9.68. The lowest BCUT2D eigenvalue weighted by Crippen LogP contribution is -2.30. The van der Waals surface area contributed by atoms with Crippen LogP contribution in [0.3, 0.4) is 0 Å². The molecule has 2 rings (SSSR count). The fourth-order valence-electron chi connectivity index (χ4n) is 2.08. The molecule has 2 N–H and O–H groups in total. The molecule has 0 bridgehead atoms. The third-order valence-corrected chi connectivity index (χ3v) is 3.01. The van der Waals surface area contributed by atoms with Gasteiger partial charge in [0.05, 0.1) is 5.57 Å². The van der Waals surface area contributed by atoms with Gasteiger partial charge < -0.3 is 15.1 Å². The summed E-state index contributed by atoms with van der Waals surface area (Å²) in [5, 5.41) is 18.4. The Morgan fingerprint density at radius 3 is 2.53 bits per heavy atom. The average molecular weight is 233 g/mol. The van der Waals surface area contributed by atoms with E-state index in [1.807, 2.05) is 11.9 Å². The van der Waals surface area contributed by atoms with Crippen LogP contribution in [-0.2, 0) is 4.79 Å². The number of nitrogens with zero attached hydrogens (tertiary/aromatic N) is 1. The summed E-state index contributed by atoms with van der Waals surface area (Å²) < 4.78 is 0. The number of carboxylic acid groups (broad SMARTS) is 1. The van der Waals surface area contributed by atoms with Crippen LogP contribution >= 0.6 is 0 Å². The summed E-state index contributed by atoms with van der Waals surface area (Å²) in [6.45, 7) is 1.32. The van der Waals surface area contributed by atoms with Crippen LogP contribution in [0, 0.1) is 0 Å². The molecule has 4 nitrogen and oxygen atoms in total. The maximum atomic E-state index is 11.2. The summed E-state index contributed by atoms with van der Waals surface area (Å²) in [5.74, 6) is -0.668. The van der Waals surface area contributed by atoms with Gasteiger partial charge in [0.2, 0.25) is 0 Å². The fourth-order valence-corrected chi connectivity index (χ4v) is 2.08. The predicted octanol–water partition coefficient (Wildman–Crippen LogP) is 1.57. The summed E-state index contributed by atoms with van der Waals surface area (Å²) in [6, 6.07) is 6.69. The van der Waals surface area contributed by atoms with Crippen LogP contribution in [0.1, 0.15) is 12.0 Å². The molecule has 0 saturated heterocycles. The number of hydrogen-bond donors (Lipinski definition) is 2. The first-order valence-corrected chi connectivity index (χ1v) is 5.51. The minimum atomic E-state index is -0.861. The number of carboxylic acids is 1. The summed E-state index contributed by atoms with van der Waals surface area (Å²) in [4.78, 5) is 13.2. The van der Waals surface area contributed by atoms with Crippen LogP contribution < -0.4 is 0 Å². The number of phenolic OH excluding ortho intramolecular Hbond substituents is 1. The Morgan fingerprint density at radius 1 is 1.29 bits per heavy atom. The summed E-state index contributed by atoms with van der Waals surface area (Å²) >= 11 is 0. The number of rotatable bonds is 2. The second-order valence-corrected chi connectivity index (χ2v) is 4.30. The smallest absolute Gasteiger partial charge is 0.333 e. The Bertz CT molecular complexity index is 462. The molecule has 0 atom stereocenters. The SMILES string of the molecule is CN1CCC(c2ccc(O)cc2)=C(C(=O)O)C1. The summed E-state index contributed by atoms with van der Waals surface area (Å²) in [6.07, 6.45) is 0.725. The van der Waals surface area contributed by atoms with Crippen molar-refractivity contribution in [1.29, 1.82) is 0 Å². The molecular weight excluding hydrogens is 218 g/mol. The van der Waals surface area contributed by atoms with Gasteiger partial charge in [-0.15, -0.1) is 0 Å². The normalized spacial score (nSPS) is 17.2. The Morgan fingerprint density at radius 2 is 1.94 bits per heavy atom. The third kappa shape index (κ3) is 2.47. The van der Waals surface area contributed by atoms with E-state index in [1.165, 1.54) is 0 Å². The van der Waals surface area contributed by atoms with Gasteiger partial charge in [-0.1, -0.05) is 12.1 Å². The van der Waals surface area contributed by atoms with E-state index >= 15 is 0 Å². The van der Waals surface area contributed by atoms with E-state index in [9.17, 15) is 15.0 Å². The number of hydrogen-bond acceptors (Lipinski definition) is 3. The maximum Gasteiger partial charge on any atom is 0.333 e. The van der Waals surface area contributed by atoms with Gasteiger partial charge in [0.1, 0.15) is 5.75 Å². The standard InChI is InChI=1S/C13H15NO3/c1-14-7-6-11(12(8-14)13(16)17)9-2-4-10(15)5-3-9/h2-5,15H,6-8H2,1H3,(H,16,17).